The first-order valence-electron chi connectivity index (χ1n) is 5.67. The lowest BCUT2D eigenvalue weighted by atomic mass is 10.0. The number of aromatic nitrogens is 1. The molecule has 1 unspecified atom stereocenters. The topological polar surface area (TPSA) is 48.1 Å². The first-order chi connectivity index (χ1) is 8.29. The molecule has 2 N–H and O–H groups in total. The van der Waals surface area contributed by atoms with E-state index in [2.05, 4.69) is 11.1 Å². The summed E-state index contributed by atoms with van der Waals surface area (Å²) in [7, 11) is 0. The lowest BCUT2D eigenvalue weighted by Gasteiger charge is -2.03. The molecule has 17 heavy (non-hydrogen) atoms. The van der Waals surface area contributed by atoms with Gasteiger partial charge in [-0.2, -0.15) is 0 Å². The lowest BCUT2D eigenvalue weighted by molar-refractivity contribution is 0.343. The summed E-state index contributed by atoms with van der Waals surface area (Å²) in [6.45, 7) is 3.28. The maximum Gasteiger partial charge on any atom is 0.123 e. The van der Waals surface area contributed by atoms with Gasteiger partial charge >= 0.3 is 0 Å². The molecule has 4 heteroatoms. The second-order valence-electron chi connectivity index (χ2n) is 4.17. The Balaban J connectivity index is 2.01. The van der Waals surface area contributed by atoms with Crippen LogP contribution >= 0.6 is 11.3 Å². The quantitative estimate of drug-likeness (QED) is 0.885. The minimum atomic E-state index is 0.273. The van der Waals surface area contributed by atoms with Gasteiger partial charge in [0.2, 0.25) is 0 Å². The van der Waals surface area contributed by atoms with E-state index in [-0.39, 0.29) is 5.92 Å². The van der Waals surface area contributed by atoms with Crippen LogP contribution in [-0.2, 0) is 6.54 Å². The van der Waals surface area contributed by atoms with Crippen LogP contribution in [0.4, 0.5) is 0 Å². The van der Waals surface area contributed by atoms with E-state index in [0.29, 0.717) is 13.2 Å². The first kappa shape index (κ1) is 10.7. The Morgan fingerprint density at radius 1 is 1.47 bits per heavy atom. The predicted octanol–water partition coefficient (Wildman–Crippen LogP) is 2.43. The van der Waals surface area contributed by atoms with Gasteiger partial charge in [-0.1, -0.05) is 18.2 Å². The molecule has 1 aliphatic heterocycles. The van der Waals surface area contributed by atoms with Crippen LogP contribution in [0.2, 0.25) is 0 Å². The fourth-order valence-electron chi connectivity index (χ4n) is 2.16. The molecule has 88 valence electrons. The van der Waals surface area contributed by atoms with Crippen molar-refractivity contribution in [3.8, 4) is 5.75 Å². The fraction of sp³-hybridized carbons (Fsp3) is 0.308. The number of thiazole rings is 1. The van der Waals surface area contributed by atoms with E-state index >= 15 is 0 Å². The van der Waals surface area contributed by atoms with Crippen molar-refractivity contribution in [1.29, 1.82) is 0 Å². The Hall–Kier alpha value is -1.39. The van der Waals surface area contributed by atoms with Crippen LogP contribution in [0, 0.1) is 6.92 Å². The number of nitrogens with zero attached hydrogens (tertiary/aromatic N) is 1. The normalized spacial score (nSPS) is 17.9. The first-order valence-corrected chi connectivity index (χ1v) is 6.49. The van der Waals surface area contributed by atoms with Gasteiger partial charge in [0, 0.05) is 17.0 Å². The molecule has 1 aromatic carbocycles. The highest BCUT2D eigenvalue weighted by molar-refractivity contribution is 7.11. The zero-order valence-corrected chi connectivity index (χ0v) is 10.5. The van der Waals surface area contributed by atoms with Crippen LogP contribution in [0.5, 0.6) is 5.75 Å². The monoisotopic (exact) mass is 246 g/mol. The SMILES string of the molecule is Cc1nc(C2COc3ccccc32)sc1CN. The van der Waals surface area contributed by atoms with E-state index in [4.69, 9.17) is 10.5 Å². The highest BCUT2D eigenvalue weighted by Gasteiger charge is 2.28. The molecular weight excluding hydrogens is 232 g/mol. The largest absolute Gasteiger partial charge is 0.492 e. The van der Waals surface area contributed by atoms with Crippen molar-refractivity contribution in [3.63, 3.8) is 0 Å². The summed E-state index contributed by atoms with van der Waals surface area (Å²) >= 11 is 1.70. The molecular formula is C13H14N2OS. The van der Waals surface area contributed by atoms with Gasteiger partial charge < -0.3 is 10.5 Å². The van der Waals surface area contributed by atoms with Gasteiger partial charge in [0.15, 0.2) is 0 Å². The number of rotatable bonds is 2. The van der Waals surface area contributed by atoms with Crippen LogP contribution < -0.4 is 10.5 Å². The number of fused-ring (bicyclic) bond motifs is 1. The molecule has 0 radical (unpaired) electrons. The highest BCUT2D eigenvalue weighted by atomic mass is 32.1. The van der Waals surface area contributed by atoms with Crippen LogP contribution in [-0.4, -0.2) is 11.6 Å². The molecule has 2 aromatic rings. The molecule has 0 saturated carbocycles. The molecule has 0 amide bonds. The Morgan fingerprint density at radius 3 is 3.06 bits per heavy atom. The third-order valence-electron chi connectivity index (χ3n) is 3.09. The summed E-state index contributed by atoms with van der Waals surface area (Å²) in [6.07, 6.45) is 0. The second-order valence-corrected chi connectivity index (χ2v) is 5.28. The molecule has 3 nitrogen and oxygen atoms in total. The number of para-hydroxylation sites is 1. The maximum atomic E-state index is 5.70. The van der Waals surface area contributed by atoms with Crippen molar-refractivity contribution in [3.05, 3.63) is 45.4 Å². The zero-order valence-electron chi connectivity index (χ0n) is 9.64. The average Bonchev–Trinajstić information content (AvgIpc) is 2.92. The third-order valence-corrected chi connectivity index (χ3v) is 4.39. The zero-order chi connectivity index (χ0) is 11.8. The van der Waals surface area contributed by atoms with Gasteiger partial charge in [0.1, 0.15) is 17.4 Å². The molecule has 0 saturated heterocycles. The van der Waals surface area contributed by atoms with Crippen molar-refractivity contribution in [2.45, 2.75) is 19.4 Å². The summed E-state index contributed by atoms with van der Waals surface area (Å²) in [4.78, 5) is 5.79. The second kappa shape index (κ2) is 4.13. The number of hydrogen-bond donors (Lipinski definition) is 1. The van der Waals surface area contributed by atoms with Gasteiger partial charge in [-0.25, -0.2) is 4.98 Å². The Labute approximate surface area is 104 Å². The van der Waals surface area contributed by atoms with Crippen molar-refractivity contribution in [1.82, 2.24) is 4.98 Å². The number of hydrogen-bond acceptors (Lipinski definition) is 4. The number of ether oxygens (including phenoxy) is 1. The summed E-state index contributed by atoms with van der Waals surface area (Å²) in [5.74, 6) is 1.26. The molecule has 1 atom stereocenters. The van der Waals surface area contributed by atoms with E-state index in [0.717, 1.165) is 16.5 Å². The highest BCUT2D eigenvalue weighted by Crippen LogP contribution is 2.39. The van der Waals surface area contributed by atoms with E-state index in [9.17, 15) is 0 Å². The lowest BCUT2D eigenvalue weighted by Crippen LogP contribution is -2.01. The fourth-order valence-corrected chi connectivity index (χ4v) is 3.20. The van der Waals surface area contributed by atoms with E-state index < -0.39 is 0 Å². The number of benzene rings is 1. The summed E-state index contributed by atoms with van der Waals surface area (Å²) in [5, 5.41) is 1.12. The number of aryl methyl sites for hydroxylation is 1. The van der Waals surface area contributed by atoms with E-state index in [1.54, 1.807) is 11.3 Å². The van der Waals surface area contributed by atoms with Gasteiger partial charge in [-0.05, 0) is 13.0 Å². The summed E-state index contributed by atoms with van der Waals surface area (Å²) < 4.78 is 5.68. The van der Waals surface area contributed by atoms with Crippen molar-refractivity contribution < 1.29 is 4.74 Å². The average molecular weight is 246 g/mol. The molecule has 1 aliphatic rings. The third kappa shape index (κ3) is 1.73. The molecule has 3 rings (SSSR count). The minimum Gasteiger partial charge on any atom is -0.492 e. The summed E-state index contributed by atoms with van der Waals surface area (Å²) in [5.41, 5.74) is 7.99. The van der Waals surface area contributed by atoms with Gasteiger partial charge in [-0.15, -0.1) is 11.3 Å². The number of nitrogens with two attached hydrogens (primary N) is 1. The van der Waals surface area contributed by atoms with E-state index in [1.165, 1.54) is 10.4 Å². The van der Waals surface area contributed by atoms with Crippen LogP contribution in [0.1, 0.15) is 27.1 Å². The molecule has 1 aromatic heterocycles. The van der Waals surface area contributed by atoms with Crippen molar-refractivity contribution in [2.24, 2.45) is 5.73 Å². The molecule has 0 fully saturated rings. The smallest absolute Gasteiger partial charge is 0.123 e. The maximum absolute atomic E-state index is 5.70. The van der Waals surface area contributed by atoms with Gasteiger partial charge in [0.25, 0.3) is 0 Å². The van der Waals surface area contributed by atoms with Crippen LogP contribution in [0.3, 0.4) is 0 Å². The Bertz CT molecular complexity index is 550. The molecule has 0 spiro atoms. The van der Waals surface area contributed by atoms with E-state index in [1.807, 2.05) is 25.1 Å². The standard InChI is InChI=1S/C13H14N2OS/c1-8-12(6-14)17-13(15-8)10-7-16-11-5-3-2-4-9(10)11/h2-5,10H,6-7,14H2,1H3. The molecule has 0 bridgehead atoms. The minimum absolute atomic E-state index is 0.273. The van der Waals surface area contributed by atoms with Gasteiger partial charge in [0.05, 0.1) is 11.6 Å². The van der Waals surface area contributed by atoms with Crippen molar-refractivity contribution in [2.75, 3.05) is 6.61 Å². The van der Waals surface area contributed by atoms with Crippen LogP contribution in [0.25, 0.3) is 0 Å². The van der Waals surface area contributed by atoms with Crippen molar-refractivity contribution >= 4 is 11.3 Å². The predicted molar refractivity (Wildman–Crippen MR) is 68.5 cm³/mol. The Kier molecular flexibility index (Phi) is 2.61. The van der Waals surface area contributed by atoms with Gasteiger partial charge in [-0.3, -0.25) is 0 Å². The molecule has 0 aliphatic carbocycles. The molecule has 2 heterocycles. The Morgan fingerprint density at radius 2 is 2.29 bits per heavy atom. The van der Waals surface area contributed by atoms with Crippen LogP contribution in [0.15, 0.2) is 24.3 Å². The summed E-state index contributed by atoms with van der Waals surface area (Å²) in [6, 6.07) is 8.18.